The molecular formula is C21H31NO6. The number of carbonyl (C=O) groups is 3. The van der Waals surface area contributed by atoms with E-state index in [1.807, 2.05) is 0 Å². The summed E-state index contributed by atoms with van der Waals surface area (Å²) in [6, 6.07) is 6.39. The van der Waals surface area contributed by atoms with Gasteiger partial charge in [-0.15, -0.1) is 0 Å². The van der Waals surface area contributed by atoms with Crippen molar-refractivity contribution in [3.05, 3.63) is 29.8 Å². The highest BCUT2D eigenvalue weighted by molar-refractivity contribution is 5.97. The van der Waals surface area contributed by atoms with Crippen LogP contribution in [0.5, 0.6) is 5.75 Å². The number of rotatable bonds is 15. The second kappa shape index (κ2) is 13.6. The van der Waals surface area contributed by atoms with Crippen molar-refractivity contribution in [1.29, 1.82) is 0 Å². The van der Waals surface area contributed by atoms with Gasteiger partial charge in [-0.25, -0.2) is 0 Å². The average Bonchev–Trinajstić information content (AvgIpc) is 2.65. The highest BCUT2D eigenvalue weighted by Crippen LogP contribution is 2.16. The zero-order chi connectivity index (χ0) is 20.8. The molecule has 7 nitrogen and oxygen atoms in total. The fourth-order valence-electron chi connectivity index (χ4n) is 2.85. The molecule has 0 heterocycles. The zero-order valence-corrected chi connectivity index (χ0v) is 16.6. The van der Waals surface area contributed by atoms with Crippen molar-refractivity contribution in [3.8, 4) is 5.75 Å². The summed E-state index contributed by atoms with van der Waals surface area (Å²) in [5.41, 5.74) is 0.205. The number of carbonyl (C=O) groups excluding carboxylic acids is 1. The fourth-order valence-corrected chi connectivity index (χ4v) is 2.85. The van der Waals surface area contributed by atoms with E-state index in [9.17, 15) is 14.4 Å². The van der Waals surface area contributed by atoms with Crippen molar-refractivity contribution in [3.63, 3.8) is 0 Å². The molecule has 1 rings (SSSR count). The van der Waals surface area contributed by atoms with Gasteiger partial charge in [-0.2, -0.15) is 0 Å². The van der Waals surface area contributed by atoms with Crippen LogP contribution in [0.2, 0.25) is 0 Å². The Kier molecular flexibility index (Phi) is 11.4. The molecule has 7 heteroatoms. The lowest BCUT2D eigenvalue weighted by Crippen LogP contribution is -2.39. The molecule has 0 spiro atoms. The van der Waals surface area contributed by atoms with Gasteiger partial charge in [0.1, 0.15) is 18.8 Å². The lowest BCUT2D eigenvalue weighted by molar-refractivity contribution is -0.140. The van der Waals surface area contributed by atoms with E-state index in [0.29, 0.717) is 12.4 Å². The quantitative estimate of drug-likeness (QED) is 0.439. The van der Waals surface area contributed by atoms with Crippen LogP contribution in [0.25, 0.3) is 0 Å². The third kappa shape index (κ3) is 9.94. The van der Waals surface area contributed by atoms with Crippen molar-refractivity contribution in [2.24, 2.45) is 0 Å². The Morgan fingerprint density at radius 1 is 0.893 bits per heavy atom. The number of carboxylic acids is 2. The Morgan fingerprint density at radius 3 is 2.04 bits per heavy atom. The Hall–Kier alpha value is -2.57. The maximum Gasteiger partial charge on any atom is 0.323 e. The lowest BCUT2D eigenvalue weighted by Gasteiger charge is -2.18. The molecule has 0 unspecified atom stereocenters. The first-order valence-electron chi connectivity index (χ1n) is 9.89. The second-order valence-corrected chi connectivity index (χ2v) is 6.80. The number of hydrogen-bond acceptors (Lipinski definition) is 4. The minimum atomic E-state index is -1.27. The van der Waals surface area contributed by atoms with E-state index in [1.165, 1.54) is 50.7 Å². The predicted molar refractivity (Wildman–Crippen MR) is 106 cm³/mol. The summed E-state index contributed by atoms with van der Waals surface area (Å²) in [4.78, 5) is 35.0. The molecule has 0 atom stereocenters. The minimum absolute atomic E-state index is 0.205. The van der Waals surface area contributed by atoms with Gasteiger partial charge < -0.3 is 19.8 Å². The lowest BCUT2D eigenvalue weighted by atomic mass is 10.1. The number of unbranched alkanes of at least 4 members (excludes halogenated alkanes) is 7. The average molecular weight is 393 g/mol. The Balaban J connectivity index is 2.46. The van der Waals surface area contributed by atoms with Crippen LogP contribution in [0.4, 0.5) is 0 Å². The van der Waals surface area contributed by atoms with Crippen molar-refractivity contribution in [2.45, 2.75) is 58.3 Å². The van der Waals surface area contributed by atoms with Crippen LogP contribution in [-0.4, -0.2) is 52.7 Å². The number of nitrogens with zero attached hydrogens (tertiary/aromatic N) is 1. The van der Waals surface area contributed by atoms with Crippen LogP contribution in [0, 0.1) is 0 Å². The molecule has 0 radical (unpaired) electrons. The standard InChI is InChI=1S/C21H31NO6/c1-2-3-4-5-6-7-8-9-13-28-18-12-10-11-17(14-18)21(27)22(15-19(23)24)16-20(25)26/h10-12,14H,2-9,13,15-16H2,1H3,(H,23,24)(H,25,26). The van der Waals surface area contributed by atoms with Gasteiger partial charge in [-0.1, -0.05) is 57.9 Å². The van der Waals surface area contributed by atoms with E-state index in [-0.39, 0.29) is 5.56 Å². The molecule has 28 heavy (non-hydrogen) atoms. The molecule has 0 aliphatic heterocycles. The molecule has 0 aliphatic rings. The SMILES string of the molecule is CCCCCCCCCCOc1cccc(C(=O)N(CC(=O)O)CC(=O)O)c1. The fraction of sp³-hybridized carbons (Fsp3) is 0.571. The highest BCUT2D eigenvalue weighted by Gasteiger charge is 2.21. The summed E-state index contributed by atoms with van der Waals surface area (Å²) >= 11 is 0. The molecule has 0 saturated heterocycles. The molecule has 1 aromatic carbocycles. The minimum Gasteiger partial charge on any atom is -0.494 e. The van der Waals surface area contributed by atoms with Crippen molar-refractivity contribution in [2.75, 3.05) is 19.7 Å². The van der Waals surface area contributed by atoms with Crippen LogP contribution in [0.3, 0.4) is 0 Å². The Labute approximate surface area is 166 Å². The van der Waals surface area contributed by atoms with Gasteiger partial charge in [0.25, 0.3) is 5.91 Å². The van der Waals surface area contributed by atoms with E-state index in [1.54, 1.807) is 12.1 Å². The van der Waals surface area contributed by atoms with Crippen LogP contribution in [-0.2, 0) is 9.59 Å². The zero-order valence-electron chi connectivity index (χ0n) is 16.6. The summed E-state index contributed by atoms with van der Waals surface area (Å²) in [7, 11) is 0. The number of ether oxygens (including phenoxy) is 1. The van der Waals surface area contributed by atoms with Crippen molar-refractivity contribution >= 4 is 17.8 Å². The molecule has 0 saturated carbocycles. The largest absolute Gasteiger partial charge is 0.494 e. The summed E-state index contributed by atoms with van der Waals surface area (Å²) in [5, 5.41) is 17.8. The normalized spacial score (nSPS) is 10.5. The van der Waals surface area contributed by atoms with Crippen LogP contribution in [0.15, 0.2) is 24.3 Å². The van der Waals surface area contributed by atoms with Gasteiger partial charge in [0.05, 0.1) is 6.61 Å². The Morgan fingerprint density at radius 2 is 1.46 bits per heavy atom. The van der Waals surface area contributed by atoms with Crippen LogP contribution in [0.1, 0.15) is 68.6 Å². The van der Waals surface area contributed by atoms with E-state index < -0.39 is 30.9 Å². The molecule has 2 N–H and O–H groups in total. The molecule has 0 bridgehead atoms. The van der Waals surface area contributed by atoms with Crippen LogP contribution >= 0.6 is 0 Å². The van der Waals surface area contributed by atoms with Gasteiger partial charge in [-0.3, -0.25) is 14.4 Å². The molecule has 1 amide bonds. The third-order valence-corrected chi connectivity index (χ3v) is 4.29. The first-order valence-corrected chi connectivity index (χ1v) is 9.89. The van der Waals surface area contributed by atoms with E-state index in [2.05, 4.69) is 6.92 Å². The summed E-state index contributed by atoms with van der Waals surface area (Å²) in [6.45, 7) is 1.40. The predicted octanol–water partition coefficient (Wildman–Crippen LogP) is 3.82. The smallest absolute Gasteiger partial charge is 0.323 e. The first kappa shape index (κ1) is 23.5. The molecule has 0 fully saturated rings. The monoisotopic (exact) mass is 393 g/mol. The maximum absolute atomic E-state index is 12.4. The van der Waals surface area contributed by atoms with Crippen molar-refractivity contribution < 1.29 is 29.3 Å². The van der Waals surface area contributed by atoms with E-state index >= 15 is 0 Å². The van der Waals surface area contributed by atoms with Gasteiger partial charge in [-0.05, 0) is 24.6 Å². The van der Waals surface area contributed by atoms with Gasteiger partial charge in [0.2, 0.25) is 0 Å². The van der Waals surface area contributed by atoms with Gasteiger partial charge in [0, 0.05) is 5.56 Å². The van der Waals surface area contributed by atoms with Gasteiger partial charge >= 0.3 is 11.9 Å². The van der Waals surface area contributed by atoms with Gasteiger partial charge in [0.15, 0.2) is 0 Å². The number of aliphatic carboxylic acids is 2. The van der Waals surface area contributed by atoms with Crippen LogP contribution < -0.4 is 4.74 Å². The molecular weight excluding hydrogens is 362 g/mol. The third-order valence-electron chi connectivity index (χ3n) is 4.29. The van der Waals surface area contributed by atoms with E-state index in [4.69, 9.17) is 14.9 Å². The number of amides is 1. The molecule has 156 valence electrons. The Bertz CT molecular complexity index is 615. The topological polar surface area (TPSA) is 104 Å². The number of hydrogen-bond donors (Lipinski definition) is 2. The first-order chi connectivity index (χ1) is 13.4. The molecule has 0 aliphatic carbocycles. The maximum atomic E-state index is 12.4. The second-order valence-electron chi connectivity index (χ2n) is 6.80. The van der Waals surface area contributed by atoms with Crippen molar-refractivity contribution in [1.82, 2.24) is 4.90 Å². The summed E-state index contributed by atoms with van der Waals surface area (Å²) in [6.07, 6.45) is 9.58. The summed E-state index contributed by atoms with van der Waals surface area (Å²) in [5.74, 6) is -2.67. The number of carboxylic acid groups (broad SMARTS) is 2. The number of benzene rings is 1. The molecule has 1 aromatic rings. The molecule has 0 aromatic heterocycles. The highest BCUT2D eigenvalue weighted by atomic mass is 16.5. The summed E-state index contributed by atoms with van der Waals surface area (Å²) < 4.78 is 5.68. The van der Waals surface area contributed by atoms with E-state index in [0.717, 1.165) is 17.7 Å².